The monoisotopic (exact) mass is 243 g/mol. The Hall–Kier alpha value is -1.83. The van der Waals surface area contributed by atoms with Gasteiger partial charge in [-0.1, -0.05) is 42.5 Å². The summed E-state index contributed by atoms with van der Waals surface area (Å²) in [4.78, 5) is 11.5. The normalized spacial score (nSPS) is 12.2. The molecule has 0 aliphatic rings. The predicted molar refractivity (Wildman–Crippen MR) is 77.2 cm³/mol. The van der Waals surface area contributed by atoms with Crippen LogP contribution < -0.4 is 5.32 Å². The third kappa shape index (κ3) is 5.48. The number of carbonyl (C=O) groups excluding carboxylic acids is 1. The summed E-state index contributed by atoms with van der Waals surface area (Å²) in [6, 6.07) is 8.13. The van der Waals surface area contributed by atoms with Crippen molar-refractivity contribution < 1.29 is 4.79 Å². The van der Waals surface area contributed by atoms with E-state index in [0.717, 1.165) is 0 Å². The van der Waals surface area contributed by atoms with Gasteiger partial charge in [0.1, 0.15) is 0 Å². The quantitative estimate of drug-likeness (QED) is 0.639. The number of hydrogen-bond acceptors (Lipinski definition) is 1. The van der Waals surface area contributed by atoms with Gasteiger partial charge in [0, 0.05) is 11.6 Å². The van der Waals surface area contributed by atoms with E-state index < -0.39 is 0 Å². The van der Waals surface area contributed by atoms with Gasteiger partial charge in [-0.05, 0) is 38.8 Å². The smallest absolute Gasteiger partial charge is 0.244 e. The van der Waals surface area contributed by atoms with Crippen molar-refractivity contribution >= 4 is 12.0 Å². The van der Waals surface area contributed by atoms with Crippen molar-refractivity contribution in [2.45, 2.75) is 33.2 Å². The van der Waals surface area contributed by atoms with Crippen LogP contribution in [0.1, 0.15) is 31.9 Å². The molecule has 1 amide bonds. The first-order chi connectivity index (χ1) is 8.38. The lowest BCUT2D eigenvalue weighted by Gasteiger charge is -2.18. The molecule has 1 N–H and O–H groups in total. The maximum absolute atomic E-state index is 11.5. The molecule has 0 atom stereocenters. The van der Waals surface area contributed by atoms with E-state index in [-0.39, 0.29) is 11.4 Å². The van der Waals surface area contributed by atoms with Crippen LogP contribution in [-0.4, -0.2) is 11.4 Å². The SMILES string of the molecule is Cc1ccccc1/C=C/C=C/C(=O)NC(C)(C)C. The topological polar surface area (TPSA) is 29.1 Å². The summed E-state index contributed by atoms with van der Waals surface area (Å²) in [5.74, 6) is -0.0723. The number of rotatable bonds is 3. The summed E-state index contributed by atoms with van der Waals surface area (Å²) in [7, 11) is 0. The summed E-state index contributed by atoms with van der Waals surface area (Å²) in [5.41, 5.74) is 2.20. The summed E-state index contributed by atoms with van der Waals surface area (Å²) in [6.07, 6.45) is 7.17. The van der Waals surface area contributed by atoms with Gasteiger partial charge in [-0.25, -0.2) is 0 Å². The number of hydrogen-bond donors (Lipinski definition) is 1. The van der Waals surface area contributed by atoms with Crippen LogP contribution in [0.25, 0.3) is 6.08 Å². The minimum absolute atomic E-state index is 0.0723. The summed E-state index contributed by atoms with van der Waals surface area (Å²) < 4.78 is 0. The zero-order valence-corrected chi connectivity index (χ0v) is 11.5. The van der Waals surface area contributed by atoms with Crippen molar-refractivity contribution in [2.75, 3.05) is 0 Å². The number of carbonyl (C=O) groups is 1. The lowest BCUT2D eigenvalue weighted by atomic mass is 10.1. The Morgan fingerprint density at radius 1 is 1.17 bits per heavy atom. The first kappa shape index (κ1) is 14.2. The van der Waals surface area contributed by atoms with Gasteiger partial charge < -0.3 is 5.32 Å². The Kier molecular flexibility index (Phi) is 4.90. The fraction of sp³-hybridized carbons (Fsp3) is 0.312. The van der Waals surface area contributed by atoms with Crippen LogP contribution in [0.5, 0.6) is 0 Å². The van der Waals surface area contributed by atoms with Gasteiger partial charge in [0.25, 0.3) is 0 Å². The molecule has 18 heavy (non-hydrogen) atoms. The molecule has 0 heterocycles. The number of nitrogens with one attached hydrogen (secondary N) is 1. The molecule has 1 aromatic carbocycles. The Morgan fingerprint density at radius 2 is 1.83 bits per heavy atom. The molecule has 1 rings (SSSR count). The first-order valence-corrected chi connectivity index (χ1v) is 6.11. The second-order valence-electron chi connectivity index (χ2n) is 5.31. The molecule has 0 spiro atoms. The van der Waals surface area contributed by atoms with Gasteiger partial charge in [-0.15, -0.1) is 0 Å². The van der Waals surface area contributed by atoms with Crippen molar-refractivity contribution in [2.24, 2.45) is 0 Å². The van der Waals surface area contributed by atoms with E-state index in [1.54, 1.807) is 12.2 Å². The minimum atomic E-state index is -0.193. The minimum Gasteiger partial charge on any atom is -0.348 e. The van der Waals surface area contributed by atoms with Gasteiger partial charge in [-0.2, -0.15) is 0 Å². The number of benzene rings is 1. The Balaban J connectivity index is 2.55. The fourth-order valence-electron chi connectivity index (χ4n) is 1.49. The van der Waals surface area contributed by atoms with E-state index in [9.17, 15) is 4.79 Å². The second-order valence-corrected chi connectivity index (χ2v) is 5.31. The van der Waals surface area contributed by atoms with Crippen molar-refractivity contribution in [3.8, 4) is 0 Å². The molecule has 0 radical (unpaired) electrons. The van der Waals surface area contributed by atoms with Gasteiger partial charge in [0.15, 0.2) is 0 Å². The largest absolute Gasteiger partial charge is 0.348 e. The zero-order valence-electron chi connectivity index (χ0n) is 11.5. The van der Waals surface area contributed by atoms with Crippen LogP contribution in [0.4, 0.5) is 0 Å². The van der Waals surface area contributed by atoms with Crippen molar-refractivity contribution in [1.82, 2.24) is 5.32 Å². The highest BCUT2D eigenvalue weighted by Gasteiger charge is 2.10. The van der Waals surface area contributed by atoms with Gasteiger partial charge in [0.05, 0.1) is 0 Å². The van der Waals surface area contributed by atoms with Gasteiger partial charge >= 0.3 is 0 Å². The molecular formula is C16H21NO. The number of amides is 1. The van der Waals surface area contributed by atoms with Crippen molar-refractivity contribution in [3.05, 3.63) is 53.6 Å². The fourth-order valence-corrected chi connectivity index (χ4v) is 1.49. The lowest BCUT2D eigenvalue weighted by molar-refractivity contribution is -0.117. The van der Waals surface area contributed by atoms with E-state index in [4.69, 9.17) is 0 Å². The number of allylic oxidation sites excluding steroid dienone is 2. The third-order valence-corrected chi connectivity index (χ3v) is 2.32. The standard InChI is InChI=1S/C16H21NO/c1-13-9-5-6-10-14(13)11-7-8-12-15(18)17-16(2,3)4/h5-12H,1-4H3,(H,17,18)/b11-7+,12-8+. The molecule has 2 nitrogen and oxygen atoms in total. The van der Waals surface area contributed by atoms with Crippen LogP contribution >= 0.6 is 0 Å². The highest BCUT2D eigenvalue weighted by Crippen LogP contribution is 2.08. The summed E-state index contributed by atoms with van der Waals surface area (Å²) in [5, 5.41) is 2.87. The first-order valence-electron chi connectivity index (χ1n) is 6.11. The molecule has 0 aromatic heterocycles. The van der Waals surface area contributed by atoms with Gasteiger partial charge in [0.2, 0.25) is 5.91 Å². The average molecular weight is 243 g/mol. The number of aryl methyl sites for hydroxylation is 1. The molecular weight excluding hydrogens is 222 g/mol. The van der Waals surface area contributed by atoms with Crippen LogP contribution in [0, 0.1) is 6.92 Å². The van der Waals surface area contributed by atoms with Crippen molar-refractivity contribution in [3.63, 3.8) is 0 Å². The van der Waals surface area contributed by atoms with E-state index in [1.165, 1.54) is 11.1 Å². The summed E-state index contributed by atoms with van der Waals surface area (Å²) in [6.45, 7) is 7.95. The highest BCUT2D eigenvalue weighted by atomic mass is 16.1. The van der Waals surface area contributed by atoms with Crippen LogP contribution in [0.2, 0.25) is 0 Å². The molecule has 2 heteroatoms. The zero-order chi connectivity index (χ0) is 13.6. The Morgan fingerprint density at radius 3 is 2.44 bits per heavy atom. The molecule has 96 valence electrons. The predicted octanol–water partition coefficient (Wildman–Crippen LogP) is 3.48. The molecule has 0 fully saturated rings. The third-order valence-electron chi connectivity index (χ3n) is 2.32. The van der Waals surface area contributed by atoms with E-state index in [1.807, 2.05) is 45.1 Å². The maximum Gasteiger partial charge on any atom is 0.244 e. The van der Waals surface area contributed by atoms with E-state index in [0.29, 0.717) is 0 Å². The Labute approximate surface area is 109 Å². The van der Waals surface area contributed by atoms with Crippen LogP contribution in [0.3, 0.4) is 0 Å². The molecule has 0 bridgehead atoms. The molecule has 0 saturated heterocycles. The molecule has 0 aliphatic carbocycles. The molecule has 1 aromatic rings. The molecule has 0 aliphatic heterocycles. The second kappa shape index (κ2) is 6.20. The molecule has 0 unspecified atom stereocenters. The maximum atomic E-state index is 11.5. The molecule has 0 saturated carbocycles. The Bertz CT molecular complexity index is 464. The van der Waals surface area contributed by atoms with E-state index >= 15 is 0 Å². The lowest BCUT2D eigenvalue weighted by Crippen LogP contribution is -2.39. The van der Waals surface area contributed by atoms with Crippen molar-refractivity contribution in [1.29, 1.82) is 0 Å². The highest BCUT2D eigenvalue weighted by molar-refractivity contribution is 5.88. The van der Waals surface area contributed by atoms with Crippen LogP contribution in [-0.2, 0) is 4.79 Å². The van der Waals surface area contributed by atoms with Crippen LogP contribution in [0.15, 0.2) is 42.5 Å². The average Bonchev–Trinajstić information content (AvgIpc) is 2.24. The summed E-state index contributed by atoms with van der Waals surface area (Å²) >= 11 is 0. The van der Waals surface area contributed by atoms with E-state index in [2.05, 4.69) is 24.4 Å². The van der Waals surface area contributed by atoms with Gasteiger partial charge in [-0.3, -0.25) is 4.79 Å².